The molecule has 8 heteroatoms. The van der Waals surface area contributed by atoms with Crippen molar-refractivity contribution in [2.75, 3.05) is 18.1 Å². The largest absolute Gasteiger partial charge is 0.420 e. The number of nitrogens with zero attached hydrogens (tertiary/aromatic N) is 2. The van der Waals surface area contributed by atoms with Gasteiger partial charge >= 0.3 is 6.09 Å². The number of anilines is 1. The molecular weight excluding hydrogens is 566 g/mol. The summed E-state index contributed by atoms with van der Waals surface area (Å²) in [5.74, 6) is 1.11. The van der Waals surface area contributed by atoms with Crippen LogP contribution in [0.4, 0.5) is 10.5 Å². The Kier molecular flexibility index (Phi) is 15.6. The minimum Gasteiger partial charge on any atom is -0.410 e. The highest BCUT2D eigenvalue weighted by Crippen LogP contribution is 2.33. The van der Waals surface area contributed by atoms with Crippen LogP contribution < -0.4 is 15.4 Å². The molecule has 45 heavy (non-hydrogen) atoms. The number of carbonyl (C=O) groups is 2. The molecule has 2 amide bonds. The molecule has 0 aliphatic heterocycles. The number of hydrogen-bond acceptors (Lipinski definition) is 6. The van der Waals surface area contributed by atoms with Gasteiger partial charge in [-0.25, -0.2) is 4.79 Å². The highest BCUT2D eigenvalue weighted by molar-refractivity contribution is 5.89. The summed E-state index contributed by atoms with van der Waals surface area (Å²) < 4.78 is 5.72. The van der Waals surface area contributed by atoms with E-state index in [0.29, 0.717) is 24.6 Å². The second-order valence-electron chi connectivity index (χ2n) is 10.7. The van der Waals surface area contributed by atoms with Gasteiger partial charge in [0.2, 0.25) is 6.41 Å². The molecule has 236 valence electrons. The first-order valence-electron chi connectivity index (χ1n) is 15.4. The van der Waals surface area contributed by atoms with E-state index in [1.165, 1.54) is 43.2 Å². The number of carbonyl (C=O) groups excluding carboxylic acids is 2. The summed E-state index contributed by atoms with van der Waals surface area (Å²) in [5.41, 5.74) is 9.50. The first-order chi connectivity index (χ1) is 22.1. The highest BCUT2D eigenvalue weighted by Gasteiger charge is 2.20. The van der Waals surface area contributed by atoms with Gasteiger partial charge < -0.3 is 15.6 Å². The molecule has 0 atom stereocenters. The van der Waals surface area contributed by atoms with Crippen LogP contribution in [0.2, 0.25) is 0 Å². The Balaban J connectivity index is 0.000000387. The molecule has 1 fully saturated rings. The third-order valence-electron chi connectivity index (χ3n) is 7.52. The molecule has 0 bridgehead atoms. The number of amides is 2. The van der Waals surface area contributed by atoms with Gasteiger partial charge in [0.25, 0.3) is 0 Å². The van der Waals surface area contributed by atoms with E-state index in [9.17, 15) is 9.70 Å². The standard InChI is InChI=1S/C28H30N2O3.C8H10O.CH3NO/c31-28(33-27-13-7-8-22(20-27)18-19-29-32)30(26-11-5-2-6-12-26)21-23-14-16-25(17-15-23)24-9-3-1-4-10-24;9-7-6-8-4-2-1-3-5-8;2-1-3/h2,5-8,11-17,20,24H,1,3-4,9-10,18-19,21H2;1-5,9H,6-7H2;1H,(H2,2,3). The van der Waals surface area contributed by atoms with E-state index >= 15 is 0 Å². The van der Waals surface area contributed by atoms with Crippen LogP contribution in [-0.4, -0.2) is 30.8 Å². The normalized spacial score (nSPS) is 12.4. The Morgan fingerprint density at radius 3 is 2.07 bits per heavy atom. The molecule has 5 rings (SSSR count). The Morgan fingerprint density at radius 1 is 0.822 bits per heavy atom. The van der Waals surface area contributed by atoms with Gasteiger partial charge in [-0.1, -0.05) is 109 Å². The summed E-state index contributed by atoms with van der Waals surface area (Å²) >= 11 is 0. The van der Waals surface area contributed by atoms with Crippen molar-refractivity contribution in [2.24, 2.45) is 10.9 Å². The molecule has 8 nitrogen and oxygen atoms in total. The predicted octanol–water partition coefficient (Wildman–Crippen LogP) is 7.57. The van der Waals surface area contributed by atoms with Crippen molar-refractivity contribution in [3.05, 3.63) is 136 Å². The first kappa shape index (κ1) is 34.7. The summed E-state index contributed by atoms with van der Waals surface area (Å²) in [5, 5.41) is 11.4. The van der Waals surface area contributed by atoms with Gasteiger partial charge in [-0.15, -0.1) is 0 Å². The maximum Gasteiger partial charge on any atom is 0.420 e. The van der Waals surface area contributed by atoms with Crippen LogP contribution in [0.5, 0.6) is 5.75 Å². The van der Waals surface area contributed by atoms with Crippen LogP contribution in [0.25, 0.3) is 0 Å². The minimum absolute atomic E-state index is 0.199. The van der Waals surface area contributed by atoms with Crippen LogP contribution in [0.15, 0.2) is 114 Å². The van der Waals surface area contributed by atoms with Gasteiger partial charge in [-0.3, -0.25) is 9.69 Å². The van der Waals surface area contributed by atoms with E-state index in [2.05, 4.69) is 35.2 Å². The monoisotopic (exact) mass is 609 g/mol. The lowest BCUT2D eigenvalue weighted by molar-refractivity contribution is -0.106. The van der Waals surface area contributed by atoms with E-state index in [1.54, 1.807) is 17.0 Å². The van der Waals surface area contributed by atoms with Crippen molar-refractivity contribution in [2.45, 2.75) is 57.4 Å². The Hall–Kier alpha value is -4.82. The van der Waals surface area contributed by atoms with Gasteiger partial charge in [0.05, 0.1) is 13.1 Å². The second kappa shape index (κ2) is 20.2. The second-order valence-corrected chi connectivity index (χ2v) is 10.7. The average molecular weight is 610 g/mol. The maximum atomic E-state index is 13.2. The van der Waals surface area contributed by atoms with E-state index in [4.69, 9.17) is 14.6 Å². The Bertz CT molecular complexity index is 1410. The molecule has 0 unspecified atom stereocenters. The van der Waals surface area contributed by atoms with Crippen molar-refractivity contribution in [3.63, 3.8) is 0 Å². The van der Waals surface area contributed by atoms with Gasteiger partial charge in [-0.05, 0) is 78.1 Å². The fraction of sp³-hybridized carbons (Fsp3) is 0.297. The number of primary amides is 1. The molecular formula is C37H43N3O5. The fourth-order valence-corrected chi connectivity index (χ4v) is 5.25. The smallest absolute Gasteiger partial charge is 0.410 e. The molecule has 1 aliphatic rings. The summed E-state index contributed by atoms with van der Waals surface area (Å²) in [6.45, 7) is 0.858. The number of nitroso groups, excluding NO2 is 1. The lowest BCUT2D eigenvalue weighted by atomic mass is 9.84. The summed E-state index contributed by atoms with van der Waals surface area (Å²) in [6.07, 6.45) is 7.60. The number of para-hydroxylation sites is 1. The fourth-order valence-electron chi connectivity index (χ4n) is 5.25. The van der Waals surface area contributed by atoms with Crippen LogP contribution in [0.3, 0.4) is 0 Å². The zero-order valence-electron chi connectivity index (χ0n) is 25.7. The lowest BCUT2D eigenvalue weighted by Gasteiger charge is -2.24. The van der Waals surface area contributed by atoms with Gasteiger partial charge in [0.15, 0.2) is 0 Å². The summed E-state index contributed by atoms with van der Waals surface area (Å²) in [4.78, 5) is 33.9. The number of benzene rings is 4. The molecule has 0 saturated heterocycles. The molecule has 1 saturated carbocycles. The molecule has 4 aromatic carbocycles. The molecule has 0 radical (unpaired) electrons. The Morgan fingerprint density at radius 2 is 1.44 bits per heavy atom. The van der Waals surface area contributed by atoms with E-state index < -0.39 is 6.09 Å². The topological polar surface area (TPSA) is 122 Å². The number of rotatable bonds is 10. The number of hydrogen-bond donors (Lipinski definition) is 2. The van der Waals surface area contributed by atoms with Gasteiger partial charge in [-0.2, -0.15) is 4.91 Å². The molecule has 0 heterocycles. The number of aliphatic hydroxyl groups excluding tert-OH is 1. The minimum atomic E-state index is -0.441. The SMILES string of the molecule is NC=O.O=NCCc1cccc(OC(=O)N(Cc2ccc(C3CCCCC3)cc2)c2ccccc2)c1.OCCc1ccccc1. The zero-order valence-corrected chi connectivity index (χ0v) is 25.7. The van der Waals surface area contributed by atoms with Crippen LogP contribution >= 0.6 is 0 Å². The highest BCUT2D eigenvalue weighted by atomic mass is 16.6. The zero-order chi connectivity index (χ0) is 32.1. The quantitative estimate of drug-likeness (QED) is 0.142. The van der Waals surface area contributed by atoms with E-state index in [1.807, 2.05) is 72.8 Å². The lowest BCUT2D eigenvalue weighted by Crippen LogP contribution is -2.33. The van der Waals surface area contributed by atoms with Gasteiger partial charge in [0.1, 0.15) is 5.75 Å². The van der Waals surface area contributed by atoms with Crippen molar-refractivity contribution < 1.29 is 19.4 Å². The van der Waals surface area contributed by atoms with Crippen molar-refractivity contribution in [1.29, 1.82) is 0 Å². The average Bonchev–Trinajstić information content (AvgIpc) is 3.09. The molecule has 0 aromatic heterocycles. The van der Waals surface area contributed by atoms with E-state index in [-0.39, 0.29) is 19.6 Å². The summed E-state index contributed by atoms with van der Waals surface area (Å²) in [6, 6.07) is 35.4. The number of nitrogens with two attached hydrogens (primary N) is 1. The number of aliphatic hydroxyl groups is 1. The van der Waals surface area contributed by atoms with Crippen LogP contribution in [0.1, 0.15) is 60.3 Å². The maximum absolute atomic E-state index is 13.2. The Labute approximate surface area is 265 Å². The van der Waals surface area contributed by atoms with Gasteiger partial charge in [0, 0.05) is 12.3 Å². The third kappa shape index (κ3) is 12.4. The van der Waals surface area contributed by atoms with Crippen LogP contribution in [-0.2, 0) is 24.2 Å². The molecule has 3 N–H and O–H groups in total. The molecule has 4 aromatic rings. The molecule has 0 spiro atoms. The third-order valence-corrected chi connectivity index (χ3v) is 7.52. The first-order valence-corrected chi connectivity index (χ1v) is 15.4. The number of ether oxygens (including phenoxy) is 1. The molecule has 1 aliphatic carbocycles. The van der Waals surface area contributed by atoms with Crippen molar-refractivity contribution >= 4 is 18.2 Å². The van der Waals surface area contributed by atoms with Crippen molar-refractivity contribution in [3.8, 4) is 5.75 Å². The van der Waals surface area contributed by atoms with Crippen LogP contribution in [0, 0.1) is 4.91 Å². The van der Waals surface area contributed by atoms with Crippen molar-refractivity contribution in [1.82, 2.24) is 0 Å². The van der Waals surface area contributed by atoms with E-state index in [0.717, 1.165) is 23.2 Å². The predicted molar refractivity (Wildman–Crippen MR) is 179 cm³/mol. The summed E-state index contributed by atoms with van der Waals surface area (Å²) in [7, 11) is 0.